The highest BCUT2D eigenvalue weighted by Crippen LogP contribution is 2.19. The van der Waals surface area contributed by atoms with Crippen molar-refractivity contribution < 1.29 is 9.53 Å². The zero-order valence-electron chi connectivity index (χ0n) is 10.6. The SMILES string of the molecule is CCc1nc(NC)c(C)c(NCC(=O)OC)n1. The number of ether oxygens (including phenoxy) is 1. The molecule has 1 aromatic rings. The minimum atomic E-state index is -0.327. The number of aromatic nitrogens is 2. The van der Waals surface area contributed by atoms with Crippen LogP contribution in [0.3, 0.4) is 0 Å². The molecular formula is C11H18N4O2. The van der Waals surface area contributed by atoms with Gasteiger partial charge in [0.1, 0.15) is 24.0 Å². The van der Waals surface area contributed by atoms with E-state index in [9.17, 15) is 4.79 Å². The van der Waals surface area contributed by atoms with Crippen molar-refractivity contribution in [2.75, 3.05) is 31.3 Å². The number of anilines is 2. The van der Waals surface area contributed by atoms with Crippen molar-refractivity contribution in [3.05, 3.63) is 11.4 Å². The van der Waals surface area contributed by atoms with Gasteiger partial charge in [-0.1, -0.05) is 6.92 Å². The number of nitrogens with one attached hydrogen (secondary N) is 2. The largest absolute Gasteiger partial charge is 0.468 e. The third-order valence-electron chi connectivity index (χ3n) is 2.37. The van der Waals surface area contributed by atoms with Crippen molar-refractivity contribution >= 4 is 17.6 Å². The summed E-state index contributed by atoms with van der Waals surface area (Å²) in [4.78, 5) is 19.7. The van der Waals surface area contributed by atoms with Gasteiger partial charge >= 0.3 is 5.97 Å². The lowest BCUT2D eigenvalue weighted by molar-refractivity contribution is -0.138. The number of rotatable bonds is 5. The molecule has 6 nitrogen and oxygen atoms in total. The summed E-state index contributed by atoms with van der Waals surface area (Å²) in [6, 6.07) is 0. The van der Waals surface area contributed by atoms with Gasteiger partial charge in [-0.3, -0.25) is 4.79 Å². The Morgan fingerprint density at radius 3 is 2.53 bits per heavy atom. The number of aryl methyl sites for hydroxylation is 1. The molecule has 6 heteroatoms. The molecule has 1 rings (SSSR count). The number of hydrogen-bond donors (Lipinski definition) is 2. The molecule has 17 heavy (non-hydrogen) atoms. The van der Waals surface area contributed by atoms with Crippen molar-refractivity contribution in [2.24, 2.45) is 0 Å². The number of carbonyl (C=O) groups is 1. The van der Waals surface area contributed by atoms with Gasteiger partial charge in [0.15, 0.2) is 0 Å². The van der Waals surface area contributed by atoms with Crippen molar-refractivity contribution in [1.29, 1.82) is 0 Å². The predicted octanol–water partition coefficient (Wildman–Crippen LogP) is 0.974. The standard InChI is InChI=1S/C11H18N4O2/c1-5-8-14-10(12-3)7(2)11(15-8)13-6-9(16)17-4/h5-6H2,1-4H3,(H2,12,13,14,15). The molecule has 1 aromatic heterocycles. The van der Waals surface area contributed by atoms with Crippen LogP contribution in [0.5, 0.6) is 0 Å². The number of methoxy groups -OCH3 is 1. The molecule has 2 N–H and O–H groups in total. The molecule has 0 spiro atoms. The van der Waals surface area contributed by atoms with E-state index in [1.165, 1.54) is 7.11 Å². The molecule has 0 fully saturated rings. The van der Waals surface area contributed by atoms with Crippen LogP contribution in [-0.2, 0) is 16.0 Å². The molecule has 0 saturated carbocycles. The van der Waals surface area contributed by atoms with Crippen LogP contribution in [-0.4, -0.2) is 36.6 Å². The Morgan fingerprint density at radius 2 is 2.00 bits per heavy atom. The first-order valence-electron chi connectivity index (χ1n) is 5.48. The fraction of sp³-hybridized carbons (Fsp3) is 0.545. The Labute approximate surface area is 101 Å². The van der Waals surface area contributed by atoms with Gasteiger partial charge in [-0.15, -0.1) is 0 Å². The smallest absolute Gasteiger partial charge is 0.325 e. The fourth-order valence-electron chi connectivity index (χ4n) is 1.36. The quantitative estimate of drug-likeness (QED) is 0.744. The maximum Gasteiger partial charge on any atom is 0.325 e. The first-order chi connectivity index (χ1) is 8.12. The molecule has 0 aromatic carbocycles. The zero-order valence-corrected chi connectivity index (χ0v) is 10.6. The van der Waals surface area contributed by atoms with E-state index in [-0.39, 0.29) is 12.5 Å². The lowest BCUT2D eigenvalue weighted by Crippen LogP contribution is -2.17. The zero-order chi connectivity index (χ0) is 12.8. The Bertz CT molecular complexity index is 407. The first-order valence-corrected chi connectivity index (χ1v) is 5.48. The van der Waals surface area contributed by atoms with Gasteiger partial charge in [0.05, 0.1) is 7.11 Å². The third-order valence-corrected chi connectivity index (χ3v) is 2.37. The van der Waals surface area contributed by atoms with Gasteiger partial charge < -0.3 is 15.4 Å². The highest BCUT2D eigenvalue weighted by Gasteiger charge is 2.10. The third kappa shape index (κ3) is 3.30. The summed E-state index contributed by atoms with van der Waals surface area (Å²) in [6.07, 6.45) is 0.738. The van der Waals surface area contributed by atoms with E-state index in [0.29, 0.717) is 5.82 Å². The van der Waals surface area contributed by atoms with E-state index >= 15 is 0 Å². The summed E-state index contributed by atoms with van der Waals surface area (Å²) in [6.45, 7) is 3.97. The maximum absolute atomic E-state index is 11.1. The molecule has 0 atom stereocenters. The Kier molecular flexibility index (Phi) is 4.68. The predicted molar refractivity (Wildman–Crippen MR) is 66.2 cm³/mol. The van der Waals surface area contributed by atoms with Crippen LogP contribution in [0.25, 0.3) is 0 Å². The molecule has 0 amide bonds. The minimum absolute atomic E-state index is 0.0979. The molecule has 1 heterocycles. The van der Waals surface area contributed by atoms with Crippen LogP contribution in [0.1, 0.15) is 18.3 Å². The molecule has 0 aliphatic rings. The van der Waals surface area contributed by atoms with Crippen LogP contribution in [0, 0.1) is 6.92 Å². The summed E-state index contributed by atoms with van der Waals surface area (Å²) in [5.41, 5.74) is 0.883. The van der Waals surface area contributed by atoms with Gasteiger partial charge in [-0.25, -0.2) is 9.97 Å². The second-order valence-corrected chi connectivity index (χ2v) is 3.50. The molecule has 0 aliphatic carbocycles. The summed E-state index contributed by atoms with van der Waals surface area (Å²) < 4.78 is 4.56. The van der Waals surface area contributed by atoms with Gasteiger partial charge in [-0.05, 0) is 6.92 Å². The van der Waals surface area contributed by atoms with Gasteiger partial charge in [0.2, 0.25) is 0 Å². The van der Waals surface area contributed by atoms with Crippen molar-refractivity contribution in [3.8, 4) is 0 Å². The Balaban J connectivity index is 2.93. The van der Waals surface area contributed by atoms with E-state index < -0.39 is 0 Å². The van der Waals surface area contributed by atoms with E-state index in [2.05, 4.69) is 25.3 Å². The lowest BCUT2D eigenvalue weighted by Gasteiger charge is -2.12. The molecule has 0 unspecified atom stereocenters. The summed E-state index contributed by atoms with van der Waals surface area (Å²) in [7, 11) is 3.16. The van der Waals surface area contributed by atoms with Crippen molar-refractivity contribution in [2.45, 2.75) is 20.3 Å². The molecule has 0 aliphatic heterocycles. The summed E-state index contributed by atoms with van der Waals surface area (Å²) in [5.74, 6) is 1.83. The lowest BCUT2D eigenvalue weighted by atomic mass is 10.3. The van der Waals surface area contributed by atoms with Crippen LogP contribution in [0.15, 0.2) is 0 Å². The molecular weight excluding hydrogens is 220 g/mol. The topological polar surface area (TPSA) is 76.1 Å². The average Bonchev–Trinajstić information content (AvgIpc) is 2.37. The Morgan fingerprint density at radius 1 is 1.35 bits per heavy atom. The first kappa shape index (κ1) is 13.2. The van der Waals surface area contributed by atoms with E-state index in [1.807, 2.05) is 13.8 Å². The normalized spacial score (nSPS) is 9.88. The second-order valence-electron chi connectivity index (χ2n) is 3.50. The fourth-order valence-corrected chi connectivity index (χ4v) is 1.36. The average molecular weight is 238 g/mol. The molecule has 0 radical (unpaired) electrons. The van der Waals surface area contributed by atoms with Gasteiger partial charge in [0.25, 0.3) is 0 Å². The van der Waals surface area contributed by atoms with Crippen molar-refractivity contribution in [3.63, 3.8) is 0 Å². The van der Waals surface area contributed by atoms with Crippen molar-refractivity contribution in [1.82, 2.24) is 9.97 Å². The Hall–Kier alpha value is -1.85. The second kappa shape index (κ2) is 6.03. The summed E-state index contributed by atoms with van der Waals surface area (Å²) in [5, 5.41) is 5.95. The van der Waals surface area contributed by atoms with Crippen LogP contribution in [0.4, 0.5) is 11.6 Å². The van der Waals surface area contributed by atoms with E-state index in [4.69, 9.17) is 0 Å². The van der Waals surface area contributed by atoms with E-state index in [1.54, 1.807) is 7.05 Å². The van der Waals surface area contributed by atoms with Crippen LogP contribution >= 0.6 is 0 Å². The number of nitrogens with zero attached hydrogens (tertiary/aromatic N) is 2. The van der Waals surface area contributed by atoms with E-state index in [0.717, 1.165) is 23.6 Å². The van der Waals surface area contributed by atoms with Gasteiger partial charge in [-0.2, -0.15) is 0 Å². The minimum Gasteiger partial charge on any atom is -0.468 e. The number of carbonyl (C=O) groups excluding carboxylic acids is 1. The maximum atomic E-state index is 11.1. The molecule has 0 saturated heterocycles. The van der Waals surface area contributed by atoms with Gasteiger partial charge in [0, 0.05) is 19.0 Å². The monoisotopic (exact) mass is 238 g/mol. The number of hydrogen-bond acceptors (Lipinski definition) is 6. The number of esters is 1. The molecule has 94 valence electrons. The molecule has 0 bridgehead atoms. The highest BCUT2D eigenvalue weighted by molar-refractivity contribution is 5.75. The van der Waals surface area contributed by atoms with Crippen LogP contribution in [0.2, 0.25) is 0 Å². The summed E-state index contributed by atoms with van der Waals surface area (Å²) >= 11 is 0. The highest BCUT2D eigenvalue weighted by atomic mass is 16.5. The van der Waals surface area contributed by atoms with Crippen LogP contribution < -0.4 is 10.6 Å².